The van der Waals surface area contributed by atoms with Gasteiger partial charge in [0.25, 0.3) is 5.91 Å². The van der Waals surface area contributed by atoms with E-state index in [-0.39, 0.29) is 5.91 Å². The van der Waals surface area contributed by atoms with Gasteiger partial charge in [-0.25, -0.2) is 9.97 Å². The van der Waals surface area contributed by atoms with Crippen LogP contribution in [0.5, 0.6) is 5.75 Å². The van der Waals surface area contributed by atoms with Crippen molar-refractivity contribution >= 4 is 17.1 Å². The summed E-state index contributed by atoms with van der Waals surface area (Å²) in [5.74, 6) is 1.19. The van der Waals surface area contributed by atoms with Gasteiger partial charge in [0.15, 0.2) is 5.65 Å². The number of nitrogens with zero attached hydrogens (tertiary/aromatic N) is 3. The summed E-state index contributed by atoms with van der Waals surface area (Å²) in [7, 11) is 0. The van der Waals surface area contributed by atoms with Gasteiger partial charge in [-0.05, 0) is 37.3 Å². The third-order valence-electron chi connectivity index (χ3n) is 3.36. The first-order valence-corrected chi connectivity index (χ1v) is 7.39. The predicted molar refractivity (Wildman–Crippen MR) is 87.6 cm³/mol. The van der Waals surface area contributed by atoms with Crippen LogP contribution in [0.2, 0.25) is 0 Å². The monoisotopic (exact) mass is 321 g/mol. The molecule has 0 spiro atoms. The number of carbonyl (C=O) groups excluding carboxylic acids is 1. The summed E-state index contributed by atoms with van der Waals surface area (Å²) >= 11 is 0. The minimum absolute atomic E-state index is 0.222. The largest absolute Gasteiger partial charge is 0.492 e. The standard InChI is InChI=1S/C17H15N5O2/c1-11-21-15-8-13(10-20-16(15)22-11)17(23)19-6-7-24-14-4-2-12(9-18)3-5-14/h2-5,8,10H,6-7H2,1H3,(H,19,23)(H,20,21,22). The van der Waals surface area contributed by atoms with Crippen molar-refractivity contribution in [3.05, 3.63) is 53.5 Å². The number of nitrogens with one attached hydrogen (secondary N) is 2. The number of H-pyrrole nitrogens is 1. The van der Waals surface area contributed by atoms with Crippen LogP contribution in [-0.2, 0) is 0 Å². The normalized spacial score (nSPS) is 10.3. The van der Waals surface area contributed by atoms with E-state index in [0.717, 1.165) is 11.3 Å². The fourth-order valence-electron chi connectivity index (χ4n) is 2.21. The lowest BCUT2D eigenvalue weighted by molar-refractivity contribution is 0.0947. The summed E-state index contributed by atoms with van der Waals surface area (Å²) in [5.41, 5.74) is 2.36. The molecule has 3 aromatic rings. The van der Waals surface area contributed by atoms with Crippen LogP contribution in [0.1, 0.15) is 21.7 Å². The van der Waals surface area contributed by atoms with Gasteiger partial charge in [-0.3, -0.25) is 4.79 Å². The fourth-order valence-corrected chi connectivity index (χ4v) is 2.21. The zero-order chi connectivity index (χ0) is 16.9. The number of rotatable bonds is 5. The average molecular weight is 321 g/mol. The first kappa shape index (κ1) is 15.5. The number of fused-ring (bicyclic) bond motifs is 1. The molecule has 0 aliphatic carbocycles. The Labute approximate surface area is 138 Å². The highest BCUT2D eigenvalue weighted by Gasteiger charge is 2.08. The van der Waals surface area contributed by atoms with Crippen LogP contribution in [0.3, 0.4) is 0 Å². The molecule has 0 fully saturated rings. The number of amides is 1. The smallest absolute Gasteiger partial charge is 0.253 e. The molecule has 2 aromatic heterocycles. The van der Waals surface area contributed by atoms with Gasteiger partial charge >= 0.3 is 0 Å². The van der Waals surface area contributed by atoms with E-state index in [9.17, 15) is 4.79 Å². The van der Waals surface area contributed by atoms with Gasteiger partial charge in [0.1, 0.15) is 18.2 Å². The SMILES string of the molecule is Cc1nc2ncc(C(=O)NCCOc3ccc(C#N)cc3)cc2[nH]1. The van der Waals surface area contributed by atoms with E-state index in [4.69, 9.17) is 10.00 Å². The van der Waals surface area contributed by atoms with Crippen LogP contribution in [0.25, 0.3) is 11.2 Å². The van der Waals surface area contributed by atoms with Crippen molar-refractivity contribution < 1.29 is 9.53 Å². The predicted octanol–water partition coefficient (Wildman–Crippen LogP) is 1.95. The van der Waals surface area contributed by atoms with Gasteiger partial charge < -0.3 is 15.0 Å². The minimum Gasteiger partial charge on any atom is -0.492 e. The lowest BCUT2D eigenvalue weighted by Gasteiger charge is -2.07. The Morgan fingerprint density at radius 3 is 2.92 bits per heavy atom. The highest BCUT2D eigenvalue weighted by atomic mass is 16.5. The molecular formula is C17H15N5O2. The van der Waals surface area contributed by atoms with E-state index in [0.29, 0.717) is 35.7 Å². The topological polar surface area (TPSA) is 104 Å². The molecule has 0 aliphatic heterocycles. The summed E-state index contributed by atoms with van der Waals surface area (Å²) in [4.78, 5) is 23.5. The molecule has 0 saturated carbocycles. The maximum Gasteiger partial charge on any atom is 0.253 e. The molecule has 0 bridgehead atoms. The number of ether oxygens (including phenoxy) is 1. The molecule has 120 valence electrons. The molecule has 7 nitrogen and oxygen atoms in total. The van der Waals surface area contributed by atoms with Crippen molar-refractivity contribution in [2.75, 3.05) is 13.2 Å². The van der Waals surface area contributed by atoms with E-state index in [1.165, 1.54) is 6.20 Å². The molecule has 0 unspecified atom stereocenters. The molecule has 2 N–H and O–H groups in total. The number of aromatic amines is 1. The van der Waals surface area contributed by atoms with Crippen LogP contribution >= 0.6 is 0 Å². The Bertz CT molecular complexity index is 909. The number of aryl methyl sites for hydroxylation is 1. The Morgan fingerprint density at radius 2 is 2.17 bits per heavy atom. The van der Waals surface area contributed by atoms with Crippen molar-refractivity contribution in [1.29, 1.82) is 5.26 Å². The first-order chi connectivity index (χ1) is 11.7. The molecule has 7 heteroatoms. The number of benzene rings is 1. The summed E-state index contributed by atoms with van der Waals surface area (Å²) in [6, 6.07) is 10.6. The Hall–Kier alpha value is -3.40. The van der Waals surface area contributed by atoms with Gasteiger partial charge in [0.2, 0.25) is 0 Å². The summed E-state index contributed by atoms with van der Waals surface area (Å²) < 4.78 is 5.51. The molecular weight excluding hydrogens is 306 g/mol. The Kier molecular flexibility index (Phi) is 4.38. The fraction of sp³-hybridized carbons (Fsp3) is 0.176. The number of pyridine rings is 1. The van der Waals surface area contributed by atoms with Gasteiger partial charge in [0.05, 0.1) is 29.3 Å². The van der Waals surface area contributed by atoms with E-state index in [1.54, 1.807) is 30.3 Å². The molecule has 0 aliphatic rings. The number of imidazole rings is 1. The van der Waals surface area contributed by atoms with E-state index in [1.807, 2.05) is 13.0 Å². The molecule has 0 saturated heterocycles. The lowest BCUT2D eigenvalue weighted by atomic mass is 10.2. The van der Waals surface area contributed by atoms with E-state index in [2.05, 4.69) is 20.3 Å². The summed E-state index contributed by atoms with van der Waals surface area (Å²) in [6.07, 6.45) is 1.50. The number of carbonyl (C=O) groups is 1. The maximum atomic E-state index is 12.1. The molecule has 0 radical (unpaired) electrons. The second kappa shape index (κ2) is 6.79. The van der Waals surface area contributed by atoms with Crippen LogP contribution in [0.15, 0.2) is 36.5 Å². The van der Waals surface area contributed by atoms with Gasteiger partial charge in [-0.15, -0.1) is 0 Å². The first-order valence-electron chi connectivity index (χ1n) is 7.39. The van der Waals surface area contributed by atoms with E-state index < -0.39 is 0 Å². The lowest BCUT2D eigenvalue weighted by Crippen LogP contribution is -2.28. The highest BCUT2D eigenvalue weighted by molar-refractivity contribution is 5.96. The quantitative estimate of drug-likeness (QED) is 0.699. The van der Waals surface area contributed by atoms with Crippen molar-refractivity contribution in [2.45, 2.75) is 6.92 Å². The van der Waals surface area contributed by atoms with Crippen LogP contribution < -0.4 is 10.1 Å². The van der Waals surface area contributed by atoms with Crippen molar-refractivity contribution in [2.24, 2.45) is 0 Å². The van der Waals surface area contributed by atoms with Crippen molar-refractivity contribution in [3.63, 3.8) is 0 Å². The highest BCUT2D eigenvalue weighted by Crippen LogP contribution is 2.12. The summed E-state index contributed by atoms with van der Waals surface area (Å²) in [6.45, 7) is 2.53. The summed E-state index contributed by atoms with van der Waals surface area (Å²) in [5, 5.41) is 11.5. The van der Waals surface area contributed by atoms with Crippen LogP contribution in [0.4, 0.5) is 0 Å². The number of hydrogen-bond donors (Lipinski definition) is 2. The van der Waals surface area contributed by atoms with Crippen LogP contribution in [-0.4, -0.2) is 34.0 Å². The zero-order valence-corrected chi connectivity index (χ0v) is 13.0. The van der Waals surface area contributed by atoms with Crippen LogP contribution in [0, 0.1) is 18.3 Å². The number of hydrogen-bond acceptors (Lipinski definition) is 5. The second-order valence-electron chi connectivity index (χ2n) is 5.16. The third kappa shape index (κ3) is 3.50. The van der Waals surface area contributed by atoms with E-state index >= 15 is 0 Å². The number of nitriles is 1. The zero-order valence-electron chi connectivity index (χ0n) is 13.0. The molecule has 2 heterocycles. The Morgan fingerprint density at radius 1 is 1.38 bits per heavy atom. The average Bonchev–Trinajstić information content (AvgIpc) is 2.98. The molecule has 1 amide bonds. The van der Waals surface area contributed by atoms with Crippen molar-refractivity contribution in [1.82, 2.24) is 20.3 Å². The molecule has 0 atom stereocenters. The minimum atomic E-state index is -0.222. The Balaban J connectivity index is 1.51. The molecule has 1 aromatic carbocycles. The maximum absolute atomic E-state index is 12.1. The van der Waals surface area contributed by atoms with Gasteiger partial charge in [0, 0.05) is 6.20 Å². The molecule has 24 heavy (non-hydrogen) atoms. The number of aromatic nitrogens is 3. The van der Waals surface area contributed by atoms with Gasteiger partial charge in [-0.2, -0.15) is 5.26 Å². The third-order valence-corrected chi connectivity index (χ3v) is 3.36. The second-order valence-corrected chi connectivity index (χ2v) is 5.16. The molecule has 3 rings (SSSR count). The van der Waals surface area contributed by atoms with Gasteiger partial charge in [-0.1, -0.05) is 0 Å². The van der Waals surface area contributed by atoms with Crippen molar-refractivity contribution in [3.8, 4) is 11.8 Å².